The van der Waals surface area contributed by atoms with E-state index in [-0.39, 0.29) is 17.5 Å². The fourth-order valence-electron chi connectivity index (χ4n) is 2.17. The lowest BCUT2D eigenvalue weighted by Gasteiger charge is -2.26. The van der Waals surface area contributed by atoms with Crippen molar-refractivity contribution in [3.05, 3.63) is 12.2 Å². The Bertz CT molecular complexity index is 291. The summed E-state index contributed by atoms with van der Waals surface area (Å²) in [5.41, 5.74) is -0.163. The monoisotopic (exact) mass is 252 g/mol. The first-order chi connectivity index (χ1) is 8.38. The Balaban J connectivity index is 2.44. The highest BCUT2D eigenvalue weighted by Gasteiger charge is 2.20. The minimum absolute atomic E-state index is 0.0814. The van der Waals surface area contributed by atoms with Crippen LogP contribution in [0.5, 0.6) is 0 Å². The van der Waals surface area contributed by atoms with Gasteiger partial charge in [0, 0.05) is 11.6 Å². The minimum atomic E-state index is -0.163. The number of carbonyl (C=O) groups excluding carboxylic acids is 1. The average molecular weight is 252 g/mol. The van der Waals surface area contributed by atoms with Crippen molar-refractivity contribution >= 4 is 5.91 Å². The van der Waals surface area contributed by atoms with Crippen LogP contribution in [-0.2, 0) is 4.79 Å². The molecule has 0 bridgehead atoms. The fraction of sp³-hybridized carbons (Fsp3) is 0.800. The third-order valence-corrected chi connectivity index (χ3v) is 3.11. The molecule has 104 valence electrons. The van der Waals surface area contributed by atoms with Gasteiger partial charge in [0.05, 0.1) is 6.04 Å². The van der Waals surface area contributed by atoms with Gasteiger partial charge in [0.2, 0.25) is 5.91 Å². The van der Waals surface area contributed by atoms with E-state index in [2.05, 4.69) is 22.8 Å². The van der Waals surface area contributed by atoms with Crippen LogP contribution in [0.4, 0.5) is 0 Å². The lowest BCUT2D eigenvalue weighted by Crippen LogP contribution is -2.51. The van der Waals surface area contributed by atoms with E-state index in [4.69, 9.17) is 0 Å². The van der Waals surface area contributed by atoms with Crippen LogP contribution in [0, 0.1) is 0 Å². The standard InChI is InChI=1S/C15H28N2O/c1-12(14(18)17-15(2,3)4)16-13-10-8-6-5-7-9-11-13/h8,10,12-13,16H,5-7,9,11H2,1-4H3,(H,17,18)/b10-8+. The number of carbonyl (C=O) groups is 1. The van der Waals surface area contributed by atoms with E-state index in [1.54, 1.807) is 0 Å². The van der Waals surface area contributed by atoms with Gasteiger partial charge >= 0.3 is 0 Å². The Morgan fingerprint density at radius 2 is 2.00 bits per heavy atom. The van der Waals surface area contributed by atoms with Crippen LogP contribution in [0.25, 0.3) is 0 Å². The molecule has 0 heterocycles. The van der Waals surface area contributed by atoms with Crippen molar-refractivity contribution in [2.24, 2.45) is 0 Å². The van der Waals surface area contributed by atoms with Crippen molar-refractivity contribution in [3.63, 3.8) is 0 Å². The van der Waals surface area contributed by atoms with E-state index in [0.29, 0.717) is 6.04 Å². The van der Waals surface area contributed by atoms with Gasteiger partial charge in [-0.2, -0.15) is 0 Å². The van der Waals surface area contributed by atoms with E-state index in [1.807, 2.05) is 27.7 Å². The number of amides is 1. The van der Waals surface area contributed by atoms with Crippen LogP contribution in [0.2, 0.25) is 0 Å². The molecule has 0 saturated carbocycles. The van der Waals surface area contributed by atoms with Crippen molar-refractivity contribution in [1.82, 2.24) is 10.6 Å². The summed E-state index contributed by atoms with van der Waals surface area (Å²) in [6, 6.07) is 0.198. The molecule has 3 heteroatoms. The Morgan fingerprint density at radius 3 is 2.67 bits per heavy atom. The van der Waals surface area contributed by atoms with Crippen molar-refractivity contribution in [1.29, 1.82) is 0 Å². The zero-order chi connectivity index (χ0) is 13.6. The van der Waals surface area contributed by atoms with Gasteiger partial charge in [-0.3, -0.25) is 10.1 Å². The second kappa shape index (κ2) is 6.93. The molecule has 2 unspecified atom stereocenters. The maximum atomic E-state index is 12.0. The second-order valence-electron chi connectivity index (χ2n) is 6.30. The van der Waals surface area contributed by atoms with Gasteiger partial charge in [0.15, 0.2) is 0 Å². The third-order valence-electron chi connectivity index (χ3n) is 3.11. The molecule has 1 rings (SSSR count). The normalized spacial score (nSPS) is 24.8. The predicted octanol–water partition coefficient (Wildman–Crippen LogP) is 2.77. The lowest BCUT2D eigenvalue weighted by atomic mass is 10.0. The van der Waals surface area contributed by atoms with E-state index in [1.165, 1.54) is 25.7 Å². The van der Waals surface area contributed by atoms with Gasteiger partial charge in [-0.25, -0.2) is 0 Å². The highest BCUT2D eigenvalue weighted by molar-refractivity contribution is 5.82. The van der Waals surface area contributed by atoms with Gasteiger partial charge in [-0.05, 0) is 47.0 Å². The summed E-state index contributed by atoms with van der Waals surface area (Å²) in [5, 5.41) is 6.42. The van der Waals surface area contributed by atoms with E-state index >= 15 is 0 Å². The topological polar surface area (TPSA) is 41.1 Å². The van der Waals surface area contributed by atoms with Crippen LogP contribution >= 0.6 is 0 Å². The molecule has 3 nitrogen and oxygen atoms in total. The number of rotatable bonds is 3. The van der Waals surface area contributed by atoms with Gasteiger partial charge in [-0.1, -0.05) is 25.0 Å². The van der Waals surface area contributed by atoms with Crippen LogP contribution in [0.3, 0.4) is 0 Å². The van der Waals surface area contributed by atoms with Crippen molar-refractivity contribution in [3.8, 4) is 0 Å². The Morgan fingerprint density at radius 1 is 1.28 bits per heavy atom. The molecule has 0 aliphatic heterocycles. The quantitative estimate of drug-likeness (QED) is 0.758. The molecule has 1 aliphatic carbocycles. The van der Waals surface area contributed by atoms with Crippen LogP contribution < -0.4 is 10.6 Å². The van der Waals surface area contributed by atoms with Gasteiger partial charge in [0.25, 0.3) is 0 Å². The molecular formula is C15H28N2O. The maximum absolute atomic E-state index is 12.0. The minimum Gasteiger partial charge on any atom is -0.350 e. The van der Waals surface area contributed by atoms with Crippen LogP contribution in [0.1, 0.15) is 59.8 Å². The summed E-state index contributed by atoms with van der Waals surface area (Å²) >= 11 is 0. The molecule has 0 aromatic heterocycles. The molecule has 1 amide bonds. The van der Waals surface area contributed by atoms with Gasteiger partial charge in [-0.15, -0.1) is 0 Å². The molecule has 0 aromatic carbocycles. The molecule has 2 atom stereocenters. The van der Waals surface area contributed by atoms with Crippen LogP contribution in [-0.4, -0.2) is 23.5 Å². The number of nitrogens with one attached hydrogen (secondary N) is 2. The summed E-state index contributed by atoms with van der Waals surface area (Å²) in [6.07, 6.45) is 10.6. The number of hydrogen-bond donors (Lipinski definition) is 2. The summed E-state index contributed by atoms with van der Waals surface area (Å²) < 4.78 is 0. The van der Waals surface area contributed by atoms with Crippen molar-refractivity contribution < 1.29 is 4.79 Å². The summed E-state index contributed by atoms with van der Waals surface area (Å²) in [6.45, 7) is 7.96. The first kappa shape index (κ1) is 15.2. The molecule has 0 radical (unpaired) electrons. The zero-order valence-electron chi connectivity index (χ0n) is 12.3. The fourth-order valence-corrected chi connectivity index (χ4v) is 2.17. The van der Waals surface area contributed by atoms with Gasteiger partial charge in [0.1, 0.15) is 0 Å². The SMILES string of the molecule is CC(NC1/C=C/CCCCC1)C(=O)NC(C)(C)C. The summed E-state index contributed by atoms with van der Waals surface area (Å²) in [4.78, 5) is 12.0. The average Bonchev–Trinajstić information content (AvgIpc) is 2.19. The molecule has 1 aliphatic rings. The molecule has 18 heavy (non-hydrogen) atoms. The smallest absolute Gasteiger partial charge is 0.237 e. The zero-order valence-corrected chi connectivity index (χ0v) is 12.3. The highest BCUT2D eigenvalue weighted by atomic mass is 16.2. The predicted molar refractivity (Wildman–Crippen MR) is 76.5 cm³/mol. The van der Waals surface area contributed by atoms with Crippen molar-refractivity contribution in [2.75, 3.05) is 0 Å². The van der Waals surface area contributed by atoms with E-state index in [9.17, 15) is 4.79 Å². The summed E-state index contributed by atoms with van der Waals surface area (Å²) in [5.74, 6) is 0.0814. The van der Waals surface area contributed by atoms with E-state index < -0.39 is 0 Å². The Labute approximate surface area is 111 Å². The number of hydrogen-bond acceptors (Lipinski definition) is 2. The van der Waals surface area contributed by atoms with Crippen LogP contribution in [0.15, 0.2) is 12.2 Å². The molecular weight excluding hydrogens is 224 g/mol. The third kappa shape index (κ3) is 6.20. The second-order valence-corrected chi connectivity index (χ2v) is 6.30. The first-order valence-corrected chi connectivity index (χ1v) is 7.13. The van der Waals surface area contributed by atoms with Gasteiger partial charge < -0.3 is 5.32 Å². The lowest BCUT2D eigenvalue weighted by molar-refractivity contribution is -0.124. The maximum Gasteiger partial charge on any atom is 0.237 e. The Hall–Kier alpha value is -0.830. The number of allylic oxidation sites excluding steroid dienone is 1. The highest BCUT2D eigenvalue weighted by Crippen LogP contribution is 2.12. The van der Waals surface area contributed by atoms with E-state index in [0.717, 1.165) is 6.42 Å². The molecule has 0 saturated heterocycles. The first-order valence-electron chi connectivity index (χ1n) is 7.13. The largest absolute Gasteiger partial charge is 0.350 e. The molecule has 0 spiro atoms. The summed E-state index contributed by atoms with van der Waals surface area (Å²) in [7, 11) is 0. The molecule has 2 N–H and O–H groups in total. The van der Waals surface area contributed by atoms with Crippen molar-refractivity contribution in [2.45, 2.75) is 77.4 Å². The molecule has 0 aromatic rings. The Kier molecular flexibility index (Phi) is 5.86. The molecule has 0 fully saturated rings.